The predicted octanol–water partition coefficient (Wildman–Crippen LogP) is 0.263. The van der Waals surface area contributed by atoms with E-state index in [1.165, 1.54) is 0 Å². The largest absolute Gasteiger partial charge is 1.00 e. The van der Waals surface area contributed by atoms with E-state index in [1.807, 2.05) is 41.3 Å². The Hall–Kier alpha value is 0.614. The van der Waals surface area contributed by atoms with Gasteiger partial charge in [-0.2, -0.15) is 30.2 Å². The third-order valence-electron chi connectivity index (χ3n) is 7.78. The Bertz CT molecular complexity index is 1420. The van der Waals surface area contributed by atoms with E-state index < -0.39 is 0 Å². The van der Waals surface area contributed by atoms with Gasteiger partial charge >= 0.3 is 6.03 Å². The van der Waals surface area contributed by atoms with Crippen LogP contribution in [0.25, 0.3) is 0 Å². The van der Waals surface area contributed by atoms with Gasteiger partial charge in [-0.05, 0) is 70.9 Å². The third kappa shape index (κ3) is 33.2. The summed E-state index contributed by atoms with van der Waals surface area (Å²) in [7, 11) is 17.1. The second-order valence-electron chi connectivity index (χ2n) is 14.4. The molecule has 4 N–H and O–H groups in total. The molecule has 0 aliphatic carbocycles. The molecule has 3 aromatic rings. The van der Waals surface area contributed by atoms with Crippen molar-refractivity contribution in [3.05, 3.63) is 107 Å². The molecule has 0 spiro atoms. The van der Waals surface area contributed by atoms with Gasteiger partial charge in [0.05, 0.1) is 55.4 Å². The summed E-state index contributed by atoms with van der Waals surface area (Å²) in [6, 6.07) is 21.3. The summed E-state index contributed by atoms with van der Waals surface area (Å²) >= 11 is 3.80. The molecule has 316 valence electrons. The van der Waals surface area contributed by atoms with Crippen molar-refractivity contribution < 1.29 is 138 Å². The van der Waals surface area contributed by atoms with Crippen molar-refractivity contribution in [3.8, 4) is 0 Å². The van der Waals surface area contributed by atoms with Crippen molar-refractivity contribution in [1.82, 2.24) is 16.0 Å². The molecule has 0 heterocycles. The van der Waals surface area contributed by atoms with Crippen LogP contribution in [0.15, 0.2) is 72.8 Å². The van der Waals surface area contributed by atoms with Crippen LogP contribution in [-0.2, 0) is 24.3 Å². The number of Topliss-reactive ketones (excluding diaryl/α,β-unsaturated/α-hetero) is 1. The normalized spacial score (nSPS) is 9.76. The Morgan fingerprint density at radius 2 is 0.966 bits per heavy atom. The van der Waals surface area contributed by atoms with E-state index in [4.69, 9.17) is 0 Å². The number of nitrogens with zero attached hydrogens (tertiary/aromatic N) is 2. The summed E-state index contributed by atoms with van der Waals surface area (Å²) in [6.45, 7) is 6.07. The number of quaternary nitrogens is 2. The summed E-state index contributed by atoms with van der Waals surface area (Å²) in [6.07, 6.45) is 3.88. The number of amides is 4. The molecule has 10 nitrogen and oxygen atoms in total. The molecule has 0 aliphatic heterocycles. The van der Waals surface area contributed by atoms with Gasteiger partial charge < -0.3 is 85.0 Å². The van der Waals surface area contributed by atoms with Gasteiger partial charge in [0, 0.05) is 118 Å². The Morgan fingerprint density at radius 1 is 0.586 bits per heavy atom. The van der Waals surface area contributed by atoms with Crippen molar-refractivity contribution in [1.29, 1.82) is 0 Å². The smallest absolute Gasteiger partial charge is 0.319 e. The summed E-state index contributed by atoms with van der Waals surface area (Å²) in [4.78, 5) is 51.9. The quantitative estimate of drug-likeness (QED) is 0.0366. The van der Waals surface area contributed by atoms with E-state index in [-0.39, 0.29) is 134 Å². The van der Waals surface area contributed by atoms with Crippen LogP contribution in [-0.4, -0.2) is 113 Å². The minimum absolute atomic E-state index is 0. The average Bonchev–Trinajstić information content (AvgIpc) is 3.16. The molecule has 0 unspecified atom stereocenters. The molecular formula is C40H59B2I4N6O4U2-. The van der Waals surface area contributed by atoms with Crippen LogP contribution in [0, 0.1) is 69.0 Å². The molecule has 0 atom stereocenters. The maximum absolute atomic E-state index is 12.7. The van der Waals surface area contributed by atoms with Crippen LogP contribution >= 0.6 is 45.0 Å². The van der Waals surface area contributed by atoms with Crippen molar-refractivity contribution in [3.63, 3.8) is 0 Å². The molecule has 0 saturated heterocycles. The summed E-state index contributed by atoms with van der Waals surface area (Å²) < 4.78 is 1.76. The number of urea groups is 1. The molecule has 18 heteroatoms. The Morgan fingerprint density at radius 3 is 1.38 bits per heavy atom. The number of hydrogen-bond acceptors (Lipinski definition) is 4. The second-order valence-corrected chi connectivity index (χ2v) is 14.4. The zero-order valence-corrected chi connectivity index (χ0v) is 51.9. The number of ketones is 1. The number of anilines is 1. The summed E-state index contributed by atoms with van der Waals surface area (Å²) in [5, 5.41) is 11.5. The van der Waals surface area contributed by atoms with Gasteiger partial charge in [0.1, 0.15) is 5.78 Å². The molecule has 0 aliphatic rings. The van der Waals surface area contributed by atoms with Crippen molar-refractivity contribution >= 4 is 87.8 Å². The van der Waals surface area contributed by atoms with E-state index >= 15 is 0 Å². The van der Waals surface area contributed by atoms with Gasteiger partial charge in [-0.25, -0.2) is 4.79 Å². The van der Waals surface area contributed by atoms with Crippen LogP contribution in [0.4, 0.5) is 10.5 Å². The topological polar surface area (TPSA) is 116 Å². The van der Waals surface area contributed by atoms with Gasteiger partial charge in [-0.15, -0.1) is 0 Å². The zero-order valence-electron chi connectivity index (χ0n) is 34.9. The number of alkyl halides is 1. The first-order valence-corrected chi connectivity index (χ1v) is 21.1. The first kappa shape index (κ1) is 67.7. The molecule has 0 aromatic heterocycles. The van der Waals surface area contributed by atoms with Crippen molar-refractivity contribution in [2.45, 2.75) is 45.2 Å². The molecule has 0 fully saturated rings. The van der Waals surface area contributed by atoms with Crippen LogP contribution in [0.2, 0.25) is 0 Å². The average molecular weight is 1690 g/mol. The van der Waals surface area contributed by atoms with Crippen molar-refractivity contribution in [2.24, 2.45) is 0 Å². The Balaban J connectivity index is -0.000000893. The number of hydrogen-bond donors (Lipinski definition) is 4. The fourth-order valence-electron chi connectivity index (χ4n) is 4.98. The summed E-state index contributed by atoms with van der Waals surface area (Å²) in [5.41, 5.74) is 8.85. The molecular weight excluding hydrogens is 1630 g/mol. The van der Waals surface area contributed by atoms with Gasteiger partial charge in [0.15, 0.2) is 5.70 Å². The number of unbranched alkanes of at least 4 members (excludes halogenated alkanes) is 1. The SMILES string of the molecule is CI.C[N+](C)(C)CCCCC(=O)Cc1ccc(CNC(=O)c2ccc(C(=O)NCc3ccc(NC(=O)NCCC[N+](C)(C)C)cc3)cc2)cc1.[B]I.[B][CH2-].[I-].[I-].[U].[U]. The van der Waals surface area contributed by atoms with E-state index in [9.17, 15) is 19.2 Å². The number of nitrogens with one attached hydrogen (secondary N) is 4. The van der Waals surface area contributed by atoms with E-state index in [0.29, 0.717) is 49.3 Å². The fraction of sp³-hybridized carbons (Fsp3) is 0.425. The number of benzene rings is 3. The van der Waals surface area contributed by atoms with Gasteiger partial charge in [-0.3, -0.25) is 14.4 Å². The Kier molecular flexibility index (Phi) is 45.8. The van der Waals surface area contributed by atoms with E-state index in [1.54, 1.807) is 58.8 Å². The predicted molar refractivity (Wildman–Crippen MR) is 242 cm³/mol. The number of halogens is 4. The van der Waals surface area contributed by atoms with Gasteiger partial charge in [-0.1, -0.05) is 59.0 Å². The van der Waals surface area contributed by atoms with Crippen LogP contribution in [0.3, 0.4) is 0 Å². The van der Waals surface area contributed by atoms with Crippen LogP contribution < -0.4 is 69.2 Å². The minimum Gasteiger partial charge on any atom is -1.00 e. The molecule has 4 amide bonds. The number of rotatable bonds is 18. The molecule has 4 radical (unpaired) electrons. The monoisotopic (exact) mass is 1690 g/mol. The van der Waals surface area contributed by atoms with Gasteiger partial charge in [0.2, 0.25) is 0 Å². The number of carbonyl (C=O) groups is 4. The standard InChI is InChI=1S/C38H52N6O4.CH2B.CH3I.BI.2HI.2U/c1-43(2,3)24-8-7-10-35(45)26-29-11-13-30(14-12-29)27-40-36(46)32-17-19-33(20-18-32)37(47)41-28-31-15-21-34(22-16-31)42-38(48)39-23-9-25-44(4,5)6;3*1-2;;;;/h11-22H,7-10,23-28H2,1-6H3,(H2-2,39,40,41,42,46,47,48);1H2;1H3;;2*1H;;/q;-1;;;;;;. The number of carbonyl (C=O) groups excluding carboxylic acids is 4. The molecule has 3 aromatic carbocycles. The Labute approximate surface area is 460 Å². The van der Waals surface area contributed by atoms with Gasteiger partial charge in [0.25, 0.3) is 11.8 Å². The van der Waals surface area contributed by atoms with Crippen molar-refractivity contribution in [2.75, 3.05) is 72.2 Å². The fourth-order valence-corrected chi connectivity index (χ4v) is 4.98. The van der Waals surface area contributed by atoms with E-state index in [2.05, 4.69) is 107 Å². The zero-order chi connectivity index (χ0) is 41.2. The second kappa shape index (κ2) is 39.2. The molecule has 0 saturated carbocycles. The molecule has 0 bridgehead atoms. The molecule has 3 rings (SSSR count). The minimum atomic E-state index is -0.250. The molecule has 58 heavy (non-hydrogen) atoms. The first-order chi connectivity index (χ1) is 25.7. The maximum Gasteiger partial charge on any atom is 0.319 e. The first-order valence-electron chi connectivity index (χ1n) is 17.7. The van der Waals surface area contributed by atoms with E-state index in [0.717, 1.165) is 58.0 Å². The van der Waals surface area contributed by atoms with Crippen LogP contribution in [0.1, 0.15) is 63.1 Å². The third-order valence-corrected chi connectivity index (χ3v) is 7.78. The van der Waals surface area contributed by atoms with Crippen LogP contribution in [0.5, 0.6) is 0 Å². The summed E-state index contributed by atoms with van der Waals surface area (Å²) in [5.74, 6) is -0.234. The maximum atomic E-state index is 12.7.